The van der Waals surface area contributed by atoms with Crippen molar-refractivity contribution in [3.05, 3.63) is 22.9 Å². The molecule has 0 fully saturated rings. The molecule has 0 aromatic heterocycles. The molecule has 0 atom stereocenters. The second-order valence-corrected chi connectivity index (χ2v) is 2.19. The Hall–Kier alpha value is -1.98. The number of hydrogen-bond acceptors (Lipinski definition) is 5. The first kappa shape index (κ1) is 6.71. The van der Waals surface area contributed by atoms with Crippen molar-refractivity contribution in [3.8, 4) is 11.5 Å². The molecule has 2 aliphatic rings. The normalized spacial score (nSPS) is 10.3. The first-order valence-electron chi connectivity index (χ1n) is 3.23. The van der Waals surface area contributed by atoms with Crippen LogP contribution in [0.15, 0.2) is 17.3 Å². The maximum atomic E-state index is 10.7. The van der Waals surface area contributed by atoms with E-state index < -0.39 is 5.56 Å². The van der Waals surface area contributed by atoms with Crippen LogP contribution in [0.1, 0.15) is 0 Å². The van der Waals surface area contributed by atoms with Crippen LogP contribution in [0.4, 0.5) is 5.82 Å². The lowest BCUT2D eigenvalue weighted by Gasteiger charge is -2.02. The van der Waals surface area contributed by atoms with E-state index in [4.69, 9.17) is 5.73 Å². The number of anilines is 1. The molecule has 12 heavy (non-hydrogen) atoms. The highest BCUT2D eigenvalue weighted by molar-refractivity contribution is 5.62. The van der Waals surface area contributed by atoms with Crippen LogP contribution < -0.4 is 11.3 Å². The first-order chi connectivity index (χ1) is 5.77. The Morgan fingerprint density at radius 3 is 3.08 bits per heavy atom. The molecule has 0 amide bonds. The van der Waals surface area contributed by atoms with E-state index in [9.17, 15) is 4.79 Å². The lowest BCUT2D eigenvalue weighted by molar-refractivity contribution is 1.03. The van der Waals surface area contributed by atoms with Gasteiger partial charge in [-0.15, -0.1) is 0 Å². The minimum absolute atomic E-state index is 0.260. The van der Waals surface area contributed by atoms with Gasteiger partial charge >= 0.3 is 0 Å². The van der Waals surface area contributed by atoms with Crippen LogP contribution in [0.3, 0.4) is 0 Å². The summed E-state index contributed by atoms with van der Waals surface area (Å²) in [5.41, 5.74) is 5.49. The van der Waals surface area contributed by atoms with Crippen LogP contribution in [0.25, 0.3) is 11.5 Å². The molecule has 0 bridgehead atoms. The van der Waals surface area contributed by atoms with Gasteiger partial charge in [0.15, 0.2) is 11.6 Å². The van der Waals surface area contributed by atoms with E-state index in [2.05, 4.69) is 19.9 Å². The molecule has 0 radical (unpaired) electrons. The average molecular weight is 163 g/mol. The molecule has 0 aliphatic carbocycles. The smallest absolute Gasteiger partial charge is 0.290 e. The van der Waals surface area contributed by atoms with Crippen LogP contribution in [0, 0.1) is 0 Å². The number of hydrogen-bond donors (Lipinski definition) is 2. The van der Waals surface area contributed by atoms with Crippen LogP contribution in [0.5, 0.6) is 0 Å². The minimum atomic E-state index is -0.399. The van der Waals surface area contributed by atoms with Gasteiger partial charge in [-0.3, -0.25) is 4.79 Å². The molecule has 2 rings (SSSR count). The number of fused-ring (bicyclic) bond motifs is 1. The molecule has 0 aromatic rings. The minimum Gasteiger partial charge on any atom is -0.382 e. The van der Waals surface area contributed by atoms with Crippen molar-refractivity contribution in [2.45, 2.75) is 0 Å². The van der Waals surface area contributed by atoms with Crippen LogP contribution in [-0.4, -0.2) is 19.9 Å². The Labute approximate surface area is 66.8 Å². The van der Waals surface area contributed by atoms with Gasteiger partial charge in [0.05, 0.1) is 12.5 Å². The van der Waals surface area contributed by atoms with Gasteiger partial charge in [-0.25, -0.2) is 9.97 Å². The van der Waals surface area contributed by atoms with E-state index in [0.29, 0.717) is 11.5 Å². The lowest BCUT2D eigenvalue weighted by Crippen LogP contribution is -2.11. The van der Waals surface area contributed by atoms with Crippen molar-refractivity contribution < 1.29 is 0 Å². The van der Waals surface area contributed by atoms with Crippen LogP contribution >= 0.6 is 0 Å². The summed E-state index contributed by atoms with van der Waals surface area (Å²) in [5, 5.41) is 0. The van der Waals surface area contributed by atoms with Gasteiger partial charge in [0.25, 0.3) is 5.56 Å². The van der Waals surface area contributed by atoms with Crippen molar-refractivity contribution in [3.63, 3.8) is 0 Å². The second kappa shape index (κ2) is 2.26. The van der Waals surface area contributed by atoms with E-state index in [-0.39, 0.29) is 5.82 Å². The monoisotopic (exact) mass is 163 g/mol. The molecule has 0 aromatic carbocycles. The summed E-state index contributed by atoms with van der Waals surface area (Å²) >= 11 is 0. The van der Waals surface area contributed by atoms with Gasteiger partial charge in [-0.2, -0.15) is 4.98 Å². The quantitative estimate of drug-likeness (QED) is 0.532. The molecule has 2 aliphatic heterocycles. The van der Waals surface area contributed by atoms with E-state index in [1.807, 2.05) is 0 Å². The molecule has 0 spiro atoms. The largest absolute Gasteiger partial charge is 0.382 e. The zero-order chi connectivity index (χ0) is 8.55. The van der Waals surface area contributed by atoms with Gasteiger partial charge in [-0.1, -0.05) is 0 Å². The first-order valence-corrected chi connectivity index (χ1v) is 3.23. The summed E-state index contributed by atoms with van der Waals surface area (Å²) in [6.07, 6.45) is 2.47. The van der Waals surface area contributed by atoms with Gasteiger partial charge < -0.3 is 10.7 Å². The van der Waals surface area contributed by atoms with Crippen molar-refractivity contribution in [1.82, 2.24) is 19.9 Å². The number of aromatic nitrogens is 4. The Bertz CT molecular complexity index is 436. The maximum absolute atomic E-state index is 10.7. The summed E-state index contributed by atoms with van der Waals surface area (Å²) in [6.45, 7) is 0. The Kier molecular flexibility index (Phi) is 1.26. The summed E-state index contributed by atoms with van der Waals surface area (Å²) in [7, 11) is 0. The molecule has 3 N–H and O–H groups in total. The van der Waals surface area contributed by atoms with E-state index in [0.717, 1.165) is 6.20 Å². The van der Waals surface area contributed by atoms with Crippen LogP contribution in [0.2, 0.25) is 0 Å². The fourth-order valence-corrected chi connectivity index (χ4v) is 0.885. The van der Waals surface area contributed by atoms with Gasteiger partial charge in [-0.05, 0) is 0 Å². The summed E-state index contributed by atoms with van der Waals surface area (Å²) < 4.78 is 0. The molecule has 6 heteroatoms. The summed E-state index contributed by atoms with van der Waals surface area (Å²) in [4.78, 5) is 24.6. The molecule has 0 unspecified atom stereocenters. The number of nitrogens with zero attached hydrogens (tertiary/aromatic N) is 3. The third-order valence-corrected chi connectivity index (χ3v) is 1.40. The Morgan fingerprint density at radius 1 is 1.42 bits per heavy atom. The zero-order valence-corrected chi connectivity index (χ0v) is 5.98. The topological polar surface area (TPSA) is 97.5 Å². The lowest BCUT2D eigenvalue weighted by atomic mass is 10.4. The Morgan fingerprint density at radius 2 is 2.25 bits per heavy atom. The molecular formula is C6H5N5O. The predicted molar refractivity (Wildman–Crippen MR) is 41.5 cm³/mol. The van der Waals surface area contributed by atoms with Crippen LogP contribution in [-0.2, 0) is 0 Å². The van der Waals surface area contributed by atoms with Crippen molar-refractivity contribution in [1.29, 1.82) is 0 Å². The van der Waals surface area contributed by atoms with Crippen molar-refractivity contribution >= 4 is 5.82 Å². The molecule has 0 saturated carbocycles. The fourth-order valence-electron chi connectivity index (χ4n) is 0.885. The summed E-state index contributed by atoms with van der Waals surface area (Å²) in [5.74, 6) is 0.617. The molecule has 6 nitrogen and oxygen atoms in total. The number of rotatable bonds is 0. The number of nitrogen functional groups attached to an aromatic ring is 1. The number of nitrogens with two attached hydrogens (primary N) is 1. The number of H-pyrrole nitrogens is 1. The van der Waals surface area contributed by atoms with Crippen molar-refractivity contribution in [2.24, 2.45) is 0 Å². The highest BCUT2D eigenvalue weighted by Gasteiger charge is 2.08. The SMILES string of the molecule is Nc1nc[nH]c2nc(=O)cnc1-2. The molecule has 2 heterocycles. The Balaban J connectivity index is 2.86. The third-order valence-electron chi connectivity index (χ3n) is 1.40. The number of aromatic amines is 1. The summed E-state index contributed by atoms with van der Waals surface area (Å²) in [6, 6.07) is 0. The van der Waals surface area contributed by atoms with Gasteiger partial charge in [0.2, 0.25) is 0 Å². The number of nitrogens with one attached hydrogen (secondary N) is 1. The fraction of sp³-hybridized carbons (Fsp3) is 0. The van der Waals surface area contributed by atoms with E-state index in [1.165, 1.54) is 6.33 Å². The standard InChI is InChI=1S/C6H5N5O/c7-5-4-6(10-2-9-5)11-3(12)1-8-4/h1-2H,(H3,7,9,10,11,12). The zero-order valence-electron chi connectivity index (χ0n) is 5.98. The highest BCUT2D eigenvalue weighted by Crippen LogP contribution is 2.14. The molecule has 60 valence electrons. The molecule has 0 saturated heterocycles. The average Bonchev–Trinajstić information content (AvgIpc) is 2.04. The van der Waals surface area contributed by atoms with Crippen molar-refractivity contribution in [2.75, 3.05) is 5.73 Å². The maximum Gasteiger partial charge on any atom is 0.290 e. The van der Waals surface area contributed by atoms with E-state index in [1.54, 1.807) is 0 Å². The second-order valence-electron chi connectivity index (χ2n) is 2.19. The predicted octanol–water partition coefficient (Wildman–Crippen LogP) is -0.753. The third kappa shape index (κ3) is 0.895. The molecular weight excluding hydrogens is 158 g/mol. The highest BCUT2D eigenvalue weighted by atomic mass is 16.1. The van der Waals surface area contributed by atoms with E-state index >= 15 is 0 Å². The van der Waals surface area contributed by atoms with Gasteiger partial charge in [0.1, 0.15) is 5.69 Å². The van der Waals surface area contributed by atoms with Gasteiger partial charge in [0, 0.05) is 0 Å².